The van der Waals surface area contributed by atoms with Gasteiger partial charge in [-0.05, 0) is 36.9 Å². The van der Waals surface area contributed by atoms with Crippen LogP contribution in [0.5, 0.6) is 0 Å². The predicted octanol–water partition coefficient (Wildman–Crippen LogP) is 4.11. The molecule has 0 N–H and O–H groups in total. The summed E-state index contributed by atoms with van der Waals surface area (Å²) in [6.45, 7) is 6.58. The zero-order valence-electron chi connectivity index (χ0n) is 11.2. The summed E-state index contributed by atoms with van der Waals surface area (Å²) in [5, 5.41) is 0. The molecule has 0 bridgehead atoms. The number of carbonyl (C=O) groups excluding carboxylic acids is 1. The molecule has 0 atom stereocenters. The average Bonchev–Trinajstić information content (AvgIpc) is 2.34. The Morgan fingerprint density at radius 2 is 2.00 bits per heavy atom. The Balaban J connectivity index is 4.35. The minimum Gasteiger partial charge on any atom is -0.493 e. The van der Waals surface area contributed by atoms with Crippen LogP contribution in [0.25, 0.3) is 0 Å². The van der Waals surface area contributed by atoms with Gasteiger partial charge >= 0.3 is 5.97 Å². The van der Waals surface area contributed by atoms with Crippen molar-refractivity contribution in [3.63, 3.8) is 0 Å². The number of carbonyl (C=O) groups is 1. The fourth-order valence-corrected chi connectivity index (χ4v) is 1.45. The van der Waals surface area contributed by atoms with Gasteiger partial charge in [-0.2, -0.15) is 0 Å². The van der Waals surface area contributed by atoms with Gasteiger partial charge in [0.2, 0.25) is 0 Å². The maximum Gasteiger partial charge on any atom is 0.309 e. The molecule has 0 aromatic carbocycles. The molecule has 0 aliphatic rings. The Bertz CT molecular complexity index is 330. The van der Waals surface area contributed by atoms with E-state index in [-0.39, 0.29) is 12.4 Å². The first-order chi connectivity index (χ1) is 8.65. The Morgan fingerprint density at radius 1 is 1.28 bits per heavy atom. The first kappa shape index (κ1) is 17.0. The lowest BCUT2D eigenvalue weighted by Gasteiger charge is -2.10. The van der Waals surface area contributed by atoms with Gasteiger partial charge in [-0.1, -0.05) is 35.0 Å². The lowest BCUT2D eigenvalue weighted by molar-refractivity contribution is -0.143. The maximum absolute atomic E-state index is 11.2. The lowest BCUT2D eigenvalue weighted by atomic mass is 10.2. The van der Waals surface area contributed by atoms with Gasteiger partial charge < -0.3 is 9.47 Å². The van der Waals surface area contributed by atoms with Gasteiger partial charge in [0, 0.05) is 0 Å². The second-order valence-corrected chi connectivity index (χ2v) is 4.08. The minimum atomic E-state index is -0.231. The summed E-state index contributed by atoms with van der Waals surface area (Å²) in [5.74, 6) is 0.543. The van der Waals surface area contributed by atoms with Crippen LogP contribution in [0.1, 0.15) is 33.6 Å². The third-order valence-electron chi connectivity index (χ3n) is 2.09. The monoisotopic (exact) mass is 316 g/mol. The van der Waals surface area contributed by atoms with E-state index in [9.17, 15) is 4.79 Å². The maximum atomic E-state index is 11.2. The lowest BCUT2D eigenvalue weighted by Crippen LogP contribution is -2.08. The summed E-state index contributed by atoms with van der Waals surface area (Å²) in [6, 6.07) is 0. The second kappa shape index (κ2) is 11.1. The molecule has 102 valence electrons. The van der Waals surface area contributed by atoms with Crippen molar-refractivity contribution < 1.29 is 14.3 Å². The van der Waals surface area contributed by atoms with Crippen molar-refractivity contribution in [3.8, 4) is 0 Å². The molecule has 0 spiro atoms. The first-order valence-electron chi connectivity index (χ1n) is 6.08. The normalized spacial score (nSPS) is 12.9. The van der Waals surface area contributed by atoms with Gasteiger partial charge in [-0.15, -0.1) is 0 Å². The highest BCUT2D eigenvalue weighted by atomic mass is 79.9. The largest absolute Gasteiger partial charge is 0.493 e. The van der Waals surface area contributed by atoms with Crippen molar-refractivity contribution in [3.05, 3.63) is 34.5 Å². The van der Waals surface area contributed by atoms with Crippen LogP contribution in [0.3, 0.4) is 0 Å². The van der Waals surface area contributed by atoms with Crippen molar-refractivity contribution in [2.75, 3.05) is 13.2 Å². The fourth-order valence-electron chi connectivity index (χ4n) is 1.30. The molecule has 0 amide bonds. The fraction of sp³-hybridized carbons (Fsp3) is 0.500. The second-order valence-electron chi connectivity index (χ2n) is 3.55. The zero-order chi connectivity index (χ0) is 13.8. The summed E-state index contributed by atoms with van der Waals surface area (Å²) >= 11 is 3.20. The van der Waals surface area contributed by atoms with Crippen molar-refractivity contribution in [2.45, 2.75) is 33.6 Å². The molecule has 0 saturated heterocycles. The van der Waals surface area contributed by atoms with Crippen LogP contribution in [0.4, 0.5) is 0 Å². The predicted molar refractivity (Wildman–Crippen MR) is 77.4 cm³/mol. The number of ether oxygens (including phenoxy) is 2. The third kappa shape index (κ3) is 8.12. The SMILES string of the molecule is CC\C=C(C)/C(=C\C=C\Br)OCCC(=O)OCC. The van der Waals surface area contributed by atoms with Gasteiger partial charge in [0.05, 0.1) is 19.6 Å². The first-order valence-corrected chi connectivity index (χ1v) is 6.99. The Hall–Kier alpha value is -1.03. The van der Waals surface area contributed by atoms with Gasteiger partial charge in [0.25, 0.3) is 0 Å². The molecule has 3 nitrogen and oxygen atoms in total. The van der Waals surface area contributed by atoms with Crippen molar-refractivity contribution in [2.24, 2.45) is 0 Å². The van der Waals surface area contributed by atoms with E-state index in [2.05, 4.69) is 28.9 Å². The van der Waals surface area contributed by atoms with Crippen molar-refractivity contribution >= 4 is 21.9 Å². The molecular weight excluding hydrogens is 296 g/mol. The summed E-state index contributed by atoms with van der Waals surface area (Å²) in [5.41, 5.74) is 1.06. The van der Waals surface area contributed by atoms with Crippen LogP contribution in [-0.2, 0) is 14.3 Å². The highest BCUT2D eigenvalue weighted by Gasteiger charge is 2.04. The average molecular weight is 317 g/mol. The highest BCUT2D eigenvalue weighted by Crippen LogP contribution is 2.13. The van der Waals surface area contributed by atoms with Crippen LogP contribution >= 0.6 is 15.9 Å². The van der Waals surface area contributed by atoms with Crippen molar-refractivity contribution in [1.82, 2.24) is 0 Å². The third-order valence-corrected chi connectivity index (χ3v) is 2.39. The van der Waals surface area contributed by atoms with E-state index in [4.69, 9.17) is 9.47 Å². The van der Waals surface area contributed by atoms with E-state index in [1.165, 1.54) is 0 Å². The van der Waals surface area contributed by atoms with E-state index < -0.39 is 0 Å². The number of rotatable bonds is 8. The summed E-state index contributed by atoms with van der Waals surface area (Å²) in [7, 11) is 0. The Morgan fingerprint density at radius 3 is 2.56 bits per heavy atom. The molecular formula is C14H21BrO3. The number of hydrogen-bond acceptors (Lipinski definition) is 3. The molecule has 4 heteroatoms. The van der Waals surface area contributed by atoms with Crippen LogP contribution in [0.2, 0.25) is 0 Å². The summed E-state index contributed by atoms with van der Waals surface area (Å²) in [6.07, 6.45) is 7.00. The smallest absolute Gasteiger partial charge is 0.309 e. The number of allylic oxidation sites excluding steroid dienone is 4. The molecule has 0 rings (SSSR count). The summed E-state index contributed by atoms with van der Waals surface area (Å²) < 4.78 is 10.4. The summed E-state index contributed by atoms with van der Waals surface area (Å²) in [4.78, 5) is 12.9. The van der Waals surface area contributed by atoms with E-state index in [1.54, 1.807) is 11.9 Å². The zero-order valence-corrected chi connectivity index (χ0v) is 12.8. The quantitative estimate of drug-likeness (QED) is 0.384. The molecule has 0 aliphatic carbocycles. The Labute approximate surface area is 118 Å². The van der Waals surface area contributed by atoms with Crippen LogP contribution in [0.15, 0.2) is 34.5 Å². The standard InChI is InChI=1S/C14H21BrO3/c1-4-7-12(3)13(8-6-10-15)18-11-9-14(16)17-5-2/h6-8,10H,4-5,9,11H2,1-3H3/b10-6+,12-7-,13-8+. The van der Waals surface area contributed by atoms with Crippen molar-refractivity contribution in [1.29, 1.82) is 0 Å². The molecule has 0 fully saturated rings. The molecule has 0 aromatic rings. The van der Waals surface area contributed by atoms with Gasteiger partial charge in [0.15, 0.2) is 0 Å². The van der Waals surface area contributed by atoms with E-state index >= 15 is 0 Å². The topological polar surface area (TPSA) is 35.5 Å². The molecule has 18 heavy (non-hydrogen) atoms. The van der Waals surface area contributed by atoms with E-state index in [0.29, 0.717) is 13.2 Å². The van der Waals surface area contributed by atoms with Crippen LogP contribution in [0, 0.1) is 0 Å². The molecule has 0 aromatic heterocycles. The molecule has 0 saturated carbocycles. The molecule has 0 unspecified atom stereocenters. The number of halogens is 1. The minimum absolute atomic E-state index is 0.231. The Kier molecular flexibility index (Phi) is 10.4. The highest BCUT2D eigenvalue weighted by molar-refractivity contribution is 9.11. The van der Waals surface area contributed by atoms with Gasteiger partial charge in [-0.25, -0.2) is 0 Å². The molecule has 0 aliphatic heterocycles. The van der Waals surface area contributed by atoms with Gasteiger partial charge in [0.1, 0.15) is 5.76 Å². The van der Waals surface area contributed by atoms with E-state index in [1.807, 2.05) is 19.1 Å². The molecule has 0 radical (unpaired) electrons. The van der Waals surface area contributed by atoms with Crippen LogP contribution < -0.4 is 0 Å². The number of hydrogen-bond donors (Lipinski definition) is 0. The molecule has 0 heterocycles. The van der Waals surface area contributed by atoms with Gasteiger partial charge in [-0.3, -0.25) is 4.79 Å². The number of esters is 1. The van der Waals surface area contributed by atoms with E-state index in [0.717, 1.165) is 17.8 Å². The van der Waals surface area contributed by atoms with Crippen LogP contribution in [-0.4, -0.2) is 19.2 Å².